The Bertz CT molecular complexity index is 335. The molecule has 0 aliphatic carbocycles. The Morgan fingerprint density at radius 3 is 2.29 bits per heavy atom. The van der Waals surface area contributed by atoms with Crippen molar-refractivity contribution in [1.29, 1.82) is 0 Å². The van der Waals surface area contributed by atoms with Crippen molar-refractivity contribution >= 4 is 5.91 Å². The van der Waals surface area contributed by atoms with Crippen LogP contribution in [0.2, 0.25) is 0 Å². The molecular weight excluding hydrogens is 283 g/mol. The van der Waals surface area contributed by atoms with E-state index in [9.17, 15) is 18.0 Å². The van der Waals surface area contributed by atoms with Crippen molar-refractivity contribution in [1.82, 2.24) is 15.1 Å². The van der Waals surface area contributed by atoms with E-state index in [0.29, 0.717) is 38.5 Å². The lowest BCUT2D eigenvalue weighted by molar-refractivity contribution is -0.151. The molecule has 2 rings (SSSR count). The SMILES string of the molecule is O=C(CCC1CCNCC1)N1CCN(CC(F)(F)F)CC1. The second-order valence-electron chi connectivity index (χ2n) is 6.00. The van der Waals surface area contributed by atoms with Crippen molar-refractivity contribution < 1.29 is 18.0 Å². The summed E-state index contributed by atoms with van der Waals surface area (Å²) < 4.78 is 36.9. The first-order chi connectivity index (χ1) is 9.94. The number of amides is 1. The summed E-state index contributed by atoms with van der Waals surface area (Å²) in [4.78, 5) is 15.2. The van der Waals surface area contributed by atoms with Gasteiger partial charge >= 0.3 is 6.18 Å². The number of carbonyl (C=O) groups is 1. The van der Waals surface area contributed by atoms with E-state index in [1.54, 1.807) is 4.90 Å². The molecule has 4 nitrogen and oxygen atoms in total. The molecule has 0 aromatic carbocycles. The summed E-state index contributed by atoms with van der Waals surface area (Å²) in [6, 6.07) is 0. The van der Waals surface area contributed by atoms with Gasteiger partial charge in [-0.15, -0.1) is 0 Å². The van der Waals surface area contributed by atoms with Gasteiger partial charge in [-0.05, 0) is 38.3 Å². The number of alkyl halides is 3. The number of rotatable bonds is 4. The summed E-state index contributed by atoms with van der Waals surface area (Å²) in [6.07, 6.45) is -0.478. The summed E-state index contributed by atoms with van der Waals surface area (Å²) in [5.74, 6) is 0.710. The van der Waals surface area contributed by atoms with Gasteiger partial charge in [-0.3, -0.25) is 9.69 Å². The van der Waals surface area contributed by atoms with Gasteiger partial charge < -0.3 is 10.2 Å². The first-order valence-electron chi connectivity index (χ1n) is 7.71. The van der Waals surface area contributed by atoms with Crippen molar-refractivity contribution in [3.05, 3.63) is 0 Å². The Labute approximate surface area is 123 Å². The largest absolute Gasteiger partial charge is 0.401 e. The zero-order chi connectivity index (χ0) is 15.3. The number of nitrogens with zero attached hydrogens (tertiary/aromatic N) is 2. The molecule has 0 spiro atoms. The van der Waals surface area contributed by atoms with E-state index in [2.05, 4.69) is 5.32 Å². The zero-order valence-corrected chi connectivity index (χ0v) is 12.3. The van der Waals surface area contributed by atoms with Gasteiger partial charge in [-0.2, -0.15) is 13.2 Å². The third-order valence-electron chi connectivity index (χ3n) is 4.35. The molecule has 2 heterocycles. The van der Waals surface area contributed by atoms with Crippen molar-refractivity contribution in [3.8, 4) is 0 Å². The van der Waals surface area contributed by atoms with Crippen molar-refractivity contribution in [2.24, 2.45) is 5.92 Å². The van der Waals surface area contributed by atoms with E-state index < -0.39 is 12.7 Å². The summed E-state index contributed by atoms with van der Waals surface area (Å²) >= 11 is 0. The van der Waals surface area contributed by atoms with Crippen LogP contribution in [0.25, 0.3) is 0 Å². The molecule has 0 radical (unpaired) electrons. The van der Waals surface area contributed by atoms with E-state index in [0.717, 1.165) is 32.4 Å². The maximum Gasteiger partial charge on any atom is 0.401 e. The third kappa shape index (κ3) is 5.82. The molecule has 0 unspecified atom stereocenters. The predicted molar refractivity (Wildman–Crippen MR) is 73.9 cm³/mol. The second-order valence-corrected chi connectivity index (χ2v) is 6.00. The summed E-state index contributed by atoms with van der Waals surface area (Å²) in [7, 11) is 0. The van der Waals surface area contributed by atoms with Gasteiger partial charge in [0.15, 0.2) is 0 Å². The van der Waals surface area contributed by atoms with Crippen LogP contribution < -0.4 is 5.32 Å². The number of piperidine rings is 1. The van der Waals surface area contributed by atoms with Crippen LogP contribution in [0.15, 0.2) is 0 Å². The monoisotopic (exact) mass is 307 g/mol. The molecule has 2 aliphatic heterocycles. The topological polar surface area (TPSA) is 35.6 Å². The number of halogens is 3. The van der Waals surface area contributed by atoms with Gasteiger partial charge in [0.25, 0.3) is 0 Å². The fourth-order valence-electron chi connectivity index (χ4n) is 3.07. The van der Waals surface area contributed by atoms with Crippen LogP contribution in [0.5, 0.6) is 0 Å². The fraction of sp³-hybridized carbons (Fsp3) is 0.929. The van der Waals surface area contributed by atoms with Gasteiger partial charge in [0, 0.05) is 32.6 Å². The highest BCUT2D eigenvalue weighted by atomic mass is 19.4. The van der Waals surface area contributed by atoms with Crippen LogP contribution >= 0.6 is 0 Å². The quantitative estimate of drug-likeness (QED) is 0.854. The normalized spacial score (nSPS) is 22.5. The minimum absolute atomic E-state index is 0.0974. The Morgan fingerprint density at radius 2 is 1.71 bits per heavy atom. The molecule has 21 heavy (non-hydrogen) atoms. The Hall–Kier alpha value is -0.820. The fourth-order valence-corrected chi connectivity index (χ4v) is 3.07. The highest BCUT2D eigenvalue weighted by Gasteiger charge is 2.32. The minimum atomic E-state index is -4.15. The number of carbonyl (C=O) groups excluding carboxylic acids is 1. The summed E-state index contributed by atoms with van der Waals surface area (Å²) in [5.41, 5.74) is 0. The molecule has 2 saturated heterocycles. The standard InChI is InChI=1S/C14H24F3N3O/c15-14(16,17)11-19-7-9-20(10-8-19)13(21)2-1-12-3-5-18-6-4-12/h12,18H,1-11H2. The minimum Gasteiger partial charge on any atom is -0.340 e. The number of nitrogens with one attached hydrogen (secondary N) is 1. The van der Waals surface area contributed by atoms with Gasteiger partial charge in [0.2, 0.25) is 5.91 Å². The molecule has 0 saturated carbocycles. The molecule has 122 valence electrons. The van der Waals surface area contributed by atoms with E-state index >= 15 is 0 Å². The number of hydrogen-bond acceptors (Lipinski definition) is 3. The van der Waals surface area contributed by atoms with Crippen LogP contribution in [0.3, 0.4) is 0 Å². The maximum absolute atomic E-state index is 12.3. The number of piperazine rings is 1. The Kier molecular flexibility index (Phi) is 5.87. The van der Waals surface area contributed by atoms with E-state index in [1.165, 1.54) is 4.90 Å². The average Bonchev–Trinajstić information content (AvgIpc) is 2.45. The molecule has 2 aliphatic rings. The zero-order valence-electron chi connectivity index (χ0n) is 12.3. The van der Waals surface area contributed by atoms with Crippen LogP contribution in [0.4, 0.5) is 13.2 Å². The van der Waals surface area contributed by atoms with Gasteiger partial charge in [-0.25, -0.2) is 0 Å². The Balaban J connectivity index is 1.65. The molecule has 0 aromatic rings. The third-order valence-corrected chi connectivity index (χ3v) is 4.35. The first kappa shape index (κ1) is 16.5. The van der Waals surface area contributed by atoms with E-state index in [1.807, 2.05) is 0 Å². The molecule has 0 bridgehead atoms. The lowest BCUT2D eigenvalue weighted by Gasteiger charge is -2.35. The van der Waals surface area contributed by atoms with E-state index in [4.69, 9.17) is 0 Å². The predicted octanol–water partition coefficient (Wildman–Crippen LogP) is 1.47. The maximum atomic E-state index is 12.3. The second kappa shape index (κ2) is 7.45. The van der Waals surface area contributed by atoms with Crippen LogP contribution in [0.1, 0.15) is 25.7 Å². The summed E-state index contributed by atoms with van der Waals surface area (Å²) in [5, 5.41) is 3.30. The number of hydrogen-bond donors (Lipinski definition) is 1. The lowest BCUT2D eigenvalue weighted by Crippen LogP contribution is -2.50. The highest BCUT2D eigenvalue weighted by molar-refractivity contribution is 5.76. The van der Waals surface area contributed by atoms with Gasteiger partial charge in [0.1, 0.15) is 0 Å². The molecule has 0 atom stereocenters. The highest BCUT2D eigenvalue weighted by Crippen LogP contribution is 2.20. The molecule has 1 amide bonds. The molecular formula is C14H24F3N3O. The summed E-state index contributed by atoms with van der Waals surface area (Å²) in [6.45, 7) is 2.65. The Morgan fingerprint density at radius 1 is 1.10 bits per heavy atom. The van der Waals surface area contributed by atoms with Crippen molar-refractivity contribution in [2.45, 2.75) is 31.9 Å². The molecule has 7 heteroatoms. The van der Waals surface area contributed by atoms with Crippen molar-refractivity contribution in [2.75, 3.05) is 45.8 Å². The average molecular weight is 307 g/mol. The smallest absolute Gasteiger partial charge is 0.340 e. The molecule has 0 aromatic heterocycles. The molecule has 1 N–H and O–H groups in total. The van der Waals surface area contributed by atoms with Crippen LogP contribution in [-0.2, 0) is 4.79 Å². The van der Waals surface area contributed by atoms with Crippen LogP contribution in [0, 0.1) is 5.92 Å². The van der Waals surface area contributed by atoms with Crippen molar-refractivity contribution in [3.63, 3.8) is 0 Å². The molecule has 2 fully saturated rings. The van der Waals surface area contributed by atoms with Gasteiger partial charge in [0.05, 0.1) is 6.54 Å². The van der Waals surface area contributed by atoms with Crippen LogP contribution in [-0.4, -0.2) is 67.7 Å². The lowest BCUT2D eigenvalue weighted by atomic mass is 9.93. The van der Waals surface area contributed by atoms with Gasteiger partial charge in [-0.1, -0.05) is 0 Å². The van der Waals surface area contributed by atoms with E-state index in [-0.39, 0.29) is 5.91 Å². The first-order valence-corrected chi connectivity index (χ1v) is 7.71.